The van der Waals surface area contributed by atoms with Crippen molar-refractivity contribution >= 4 is 22.1 Å². The van der Waals surface area contributed by atoms with Crippen molar-refractivity contribution in [2.24, 2.45) is 17.8 Å². The maximum absolute atomic E-state index is 13.7. The Morgan fingerprint density at radius 3 is 2.39 bits per heavy atom. The number of hydrogen-bond donors (Lipinski definition) is 1. The predicted molar refractivity (Wildman–Crippen MR) is 82.1 cm³/mol. The fourth-order valence-corrected chi connectivity index (χ4v) is 6.14. The average Bonchev–Trinajstić information content (AvgIpc) is 3.05. The van der Waals surface area contributed by atoms with Crippen molar-refractivity contribution in [2.45, 2.75) is 67.6 Å². The lowest BCUT2D eigenvalue weighted by Crippen LogP contribution is -2.66. The summed E-state index contributed by atoms with van der Waals surface area (Å²) in [6.45, 7) is 0. The van der Waals surface area contributed by atoms with Crippen molar-refractivity contribution in [1.82, 2.24) is 0 Å². The molecule has 0 aromatic heterocycles. The van der Waals surface area contributed by atoms with Crippen LogP contribution in [0.3, 0.4) is 0 Å². The van der Waals surface area contributed by atoms with Gasteiger partial charge >= 0.3 is 27.3 Å². The van der Waals surface area contributed by atoms with Crippen molar-refractivity contribution < 1.29 is 50.3 Å². The first-order valence-corrected chi connectivity index (χ1v) is 10.5. The van der Waals surface area contributed by atoms with E-state index in [1.54, 1.807) is 0 Å². The van der Waals surface area contributed by atoms with Gasteiger partial charge in [0.1, 0.15) is 11.7 Å². The van der Waals surface area contributed by atoms with Gasteiger partial charge in [-0.2, -0.15) is 17.2 Å². The summed E-state index contributed by atoms with van der Waals surface area (Å²) in [5.41, 5.74) is -1.26. The normalized spacial score (nSPS) is 46.7. The molecule has 0 aromatic rings. The number of alkyl halides is 2. The molecule has 0 aromatic carbocycles. The molecule has 156 valence electrons. The molecule has 2 heterocycles. The maximum atomic E-state index is 13.7. The zero-order chi connectivity index (χ0) is 20.1. The van der Waals surface area contributed by atoms with Crippen LogP contribution in [-0.4, -0.2) is 53.9 Å². The van der Waals surface area contributed by atoms with Crippen molar-refractivity contribution in [3.05, 3.63) is 0 Å². The van der Waals surface area contributed by atoms with Gasteiger partial charge in [0, 0.05) is 11.8 Å². The van der Waals surface area contributed by atoms with E-state index in [0.717, 1.165) is 0 Å². The average molecular weight is 424 g/mol. The first-order valence-electron chi connectivity index (χ1n) is 9.07. The lowest BCUT2D eigenvalue weighted by Gasteiger charge is -2.62. The monoisotopic (exact) mass is 424 g/mol. The zero-order valence-electron chi connectivity index (χ0n) is 14.5. The molecular formula is C16H18F2O9S. The van der Waals surface area contributed by atoms with Crippen LogP contribution in [-0.2, 0) is 38.7 Å². The number of ether oxygens (including phenoxy) is 4. The van der Waals surface area contributed by atoms with Crippen molar-refractivity contribution in [3.8, 4) is 0 Å². The van der Waals surface area contributed by atoms with Gasteiger partial charge in [0.15, 0.2) is 5.79 Å². The van der Waals surface area contributed by atoms with E-state index in [9.17, 15) is 26.8 Å². The highest BCUT2D eigenvalue weighted by Gasteiger charge is 2.71. The van der Waals surface area contributed by atoms with Gasteiger partial charge in [-0.3, -0.25) is 9.35 Å². The molecule has 1 spiro atoms. The van der Waals surface area contributed by atoms with E-state index in [0.29, 0.717) is 19.3 Å². The molecule has 0 radical (unpaired) electrons. The molecule has 1 N–H and O–H groups in total. The summed E-state index contributed by atoms with van der Waals surface area (Å²) in [6.07, 6.45) is 0.790. The fraction of sp³-hybridized carbons (Fsp3) is 0.875. The summed E-state index contributed by atoms with van der Waals surface area (Å²) in [4.78, 5) is 23.3. The van der Waals surface area contributed by atoms with Gasteiger partial charge in [0.25, 0.3) is 0 Å². The molecule has 4 saturated carbocycles. The van der Waals surface area contributed by atoms with Crippen LogP contribution in [0.4, 0.5) is 8.78 Å². The quantitative estimate of drug-likeness (QED) is 0.521. The number of carbonyl (C=O) groups is 2. The van der Waals surface area contributed by atoms with E-state index in [-0.39, 0.29) is 37.0 Å². The van der Waals surface area contributed by atoms with Gasteiger partial charge in [-0.05, 0) is 38.0 Å². The second-order valence-electron chi connectivity index (χ2n) is 8.47. The van der Waals surface area contributed by atoms with Crippen LogP contribution in [0.1, 0.15) is 38.5 Å². The zero-order valence-corrected chi connectivity index (χ0v) is 15.3. The number of rotatable bonds is 3. The molecule has 4 unspecified atom stereocenters. The van der Waals surface area contributed by atoms with E-state index >= 15 is 0 Å². The third-order valence-electron chi connectivity index (χ3n) is 6.70. The molecule has 6 rings (SSSR count). The third kappa shape index (κ3) is 2.40. The molecule has 2 saturated heterocycles. The Bertz CT molecular complexity index is 822. The van der Waals surface area contributed by atoms with Gasteiger partial charge in [-0.15, -0.1) is 0 Å². The fourth-order valence-electron chi connectivity index (χ4n) is 5.88. The van der Waals surface area contributed by atoms with Gasteiger partial charge in [0.2, 0.25) is 6.29 Å². The number of fused-ring (bicyclic) bond motifs is 1. The second kappa shape index (κ2) is 5.41. The minimum absolute atomic E-state index is 0.0794. The highest BCUT2D eigenvalue weighted by Crippen LogP contribution is 2.65. The molecule has 4 aliphatic carbocycles. The van der Waals surface area contributed by atoms with Crippen LogP contribution < -0.4 is 0 Å². The largest absolute Gasteiger partial charge is 0.465 e. The number of halogens is 2. The minimum Gasteiger partial charge on any atom is -0.454 e. The highest BCUT2D eigenvalue weighted by molar-refractivity contribution is 7.87. The third-order valence-corrected chi connectivity index (χ3v) is 7.51. The van der Waals surface area contributed by atoms with Crippen molar-refractivity contribution in [3.63, 3.8) is 0 Å². The van der Waals surface area contributed by atoms with E-state index in [1.807, 2.05) is 0 Å². The summed E-state index contributed by atoms with van der Waals surface area (Å²) in [7, 11) is -5.93. The summed E-state index contributed by atoms with van der Waals surface area (Å²) in [5, 5.41) is -5.03. The molecule has 0 amide bonds. The summed E-state index contributed by atoms with van der Waals surface area (Å²) >= 11 is 0. The Hall–Kier alpha value is -1.37. The smallest absolute Gasteiger partial charge is 0.454 e. The molecule has 6 fully saturated rings. The van der Waals surface area contributed by atoms with Gasteiger partial charge < -0.3 is 18.9 Å². The number of carbonyl (C=O) groups excluding carboxylic acids is 2. The van der Waals surface area contributed by atoms with E-state index in [1.165, 1.54) is 0 Å². The lowest BCUT2D eigenvalue weighted by molar-refractivity contribution is -0.335. The van der Waals surface area contributed by atoms with E-state index < -0.39 is 51.1 Å². The molecular weight excluding hydrogens is 406 g/mol. The molecule has 2 aliphatic heterocycles. The Labute approximate surface area is 158 Å². The van der Waals surface area contributed by atoms with Gasteiger partial charge in [-0.25, -0.2) is 4.79 Å². The van der Waals surface area contributed by atoms with Crippen LogP contribution in [0.2, 0.25) is 0 Å². The predicted octanol–water partition coefficient (Wildman–Crippen LogP) is 0.974. The molecule has 4 atom stereocenters. The molecule has 28 heavy (non-hydrogen) atoms. The van der Waals surface area contributed by atoms with Crippen LogP contribution in [0.5, 0.6) is 0 Å². The minimum atomic E-state index is -5.93. The van der Waals surface area contributed by atoms with Crippen molar-refractivity contribution in [1.29, 1.82) is 0 Å². The molecule has 9 nitrogen and oxygen atoms in total. The standard InChI is InChI=1S/C16H18F2O9S/c17-16(18,28(21,22)23)13(20)27-14-4-7-1-8(5-14)15(9(2-7)6-14)25-10-3-11(19)24-12(10)26-15/h7-10,12H,1-6H2,(H,21,22,23). The Kier molecular flexibility index (Phi) is 3.60. The summed E-state index contributed by atoms with van der Waals surface area (Å²) in [5.74, 6) is -4.15. The van der Waals surface area contributed by atoms with Crippen LogP contribution in [0.25, 0.3) is 0 Å². The van der Waals surface area contributed by atoms with E-state index in [2.05, 4.69) is 0 Å². The number of esters is 2. The van der Waals surface area contributed by atoms with Crippen LogP contribution in [0, 0.1) is 17.8 Å². The Morgan fingerprint density at radius 1 is 1.18 bits per heavy atom. The molecule has 6 aliphatic rings. The topological polar surface area (TPSA) is 125 Å². The summed E-state index contributed by atoms with van der Waals surface area (Å²) < 4.78 is 80.0. The van der Waals surface area contributed by atoms with Gasteiger partial charge in [0.05, 0.1) is 6.42 Å². The molecule has 12 heteroatoms. The molecule has 4 bridgehead atoms. The van der Waals surface area contributed by atoms with Crippen LogP contribution in [0.15, 0.2) is 0 Å². The first kappa shape index (κ1) is 18.6. The van der Waals surface area contributed by atoms with Crippen LogP contribution >= 0.6 is 0 Å². The lowest BCUT2D eigenvalue weighted by atomic mass is 9.51. The first-order chi connectivity index (χ1) is 12.9. The maximum Gasteiger partial charge on any atom is 0.465 e. The summed E-state index contributed by atoms with van der Waals surface area (Å²) in [6, 6.07) is 0. The Balaban J connectivity index is 1.39. The van der Waals surface area contributed by atoms with Crippen molar-refractivity contribution in [2.75, 3.05) is 0 Å². The van der Waals surface area contributed by atoms with Gasteiger partial charge in [-0.1, -0.05) is 0 Å². The SMILES string of the molecule is O=C1CC2OC3(OC2O1)C1CC2CC3CC(OC(=O)C(F)(F)S(=O)(=O)O)(C2)C1. The second-order valence-corrected chi connectivity index (χ2v) is 9.93. The number of hydrogen-bond acceptors (Lipinski definition) is 8. The highest BCUT2D eigenvalue weighted by atomic mass is 32.2. The van der Waals surface area contributed by atoms with E-state index in [4.69, 9.17) is 23.5 Å². The Morgan fingerprint density at radius 2 is 1.82 bits per heavy atom.